The second-order valence-corrected chi connectivity index (χ2v) is 5.22. The summed E-state index contributed by atoms with van der Waals surface area (Å²) in [5.74, 6) is 0.620. The predicted octanol–water partition coefficient (Wildman–Crippen LogP) is 2.10. The van der Waals surface area contributed by atoms with E-state index in [0.29, 0.717) is 12.0 Å². The van der Waals surface area contributed by atoms with Crippen molar-refractivity contribution < 1.29 is 4.79 Å². The van der Waals surface area contributed by atoms with Gasteiger partial charge in [-0.05, 0) is 43.2 Å². The monoisotopic (exact) mass is 230 g/mol. The van der Waals surface area contributed by atoms with Gasteiger partial charge in [0.2, 0.25) is 0 Å². The maximum atomic E-state index is 11.1. The molecular weight excluding hydrogens is 212 g/mol. The van der Waals surface area contributed by atoms with Gasteiger partial charge in [-0.25, -0.2) is 4.79 Å². The van der Waals surface area contributed by atoms with Crippen molar-refractivity contribution in [2.24, 2.45) is 0 Å². The van der Waals surface area contributed by atoms with E-state index in [4.69, 9.17) is 0 Å². The molecule has 1 heterocycles. The van der Waals surface area contributed by atoms with Crippen LogP contribution in [0.25, 0.3) is 0 Å². The molecule has 3 heteroatoms. The molecule has 0 radical (unpaired) electrons. The van der Waals surface area contributed by atoms with Crippen molar-refractivity contribution in [3.63, 3.8) is 0 Å². The van der Waals surface area contributed by atoms with Crippen molar-refractivity contribution in [2.75, 3.05) is 6.54 Å². The van der Waals surface area contributed by atoms with E-state index >= 15 is 0 Å². The first-order chi connectivity index (χ1) is 8.22. The van der Waals surface area contributed by atoms with Crippen LogP contribution in [0.3, 0.4) is 0 Å². The highest BCUT2D eigenvalue weighted by Crippen LogP contribution is 2.36. The van der Waals surface area contributed by atoms with Crippen LogP contribution in [0.15, 0.2) is 18.2 Å². The maximum absolute atomic E-state index is 11.1. The zero-order valence-electron chi connectivity index (χ0n) is 10.1. The minimum atomic E-state index is -0.0162. The molecule has 3 rings (SSSR count). The summed E-state index contributed by atoms with van der Waals surface area (Å²) in [5.41, 5.74) is 4.34. The number of amides is 2. The number of hydrogen-bond donors (Lipinski definition) is 2. The van der Waals surface area contributed by atoms with Crippen LogP contribution in [0, 0.1) is 6.92 Å². The van der Waals surface area contributed by atoms with Gasteiger partial charge in [0.1, 0.15) is 0 Å². The summed E-state index contributed by atoms with van der Waals surface area (Å²) in [4.78, 5) is 11.1. The third kappa shape index (κ3) is 2.02. The maximum Gasteiger partial charge on any atom is 0.315 e. The molecule has 1 aromatic carbocycles. The molecule has 0 bridgehead atoms. The number of carbonyl (C=O) groups excluding carboxylic acids is 1. The minimum Gasteiger partial charge on any atom is -0.336 e. The molecule has 0 saturated carbocycles. The molecule has 0 aromatic heterocycles. The number of urea groups is 1. The van der Waals surface area contributed by atoms with E-state index in [1.54, 1.807) is 0 Å². The Labute approximate surface area is 102 Å². The smallest absolute Gasteiger partial charge is 0.315 e. The van der Waals surface area contributed by atoms with Crippen molar-refractivity contribution in [3.8, 4) is 0 Å². The molecule has 0 spiro atoms. The quantitative estimate of drug-likeness (QED) is 0.802. The van der Waals surface area contributed by atoms with Gasteiger partial charge in [-0.2, -0.15) is 0 Å². The van der Waals surface area contributed by atoms with E-state index in [1.165, 1.54) is 29.5 Å². The lowest BCUT2D eigenvalue weighted by Crippen LogP contribution is -2.27. The summed E-state index contributed by atoms with van der Waals surface area (Å²) >= 11 is 0. The number of aryl methyl sites for hydroxylation is 2. The second-order valence-electron chi connectivity index (χ2n) is 5.22. The van der Waals surface area contributed by atoms with Gasteiger partial charge >= 0.3 is 6.03 Å². The Hall–Kier alpha value is -1.51. The van der Waals surface area contributed by atoms with Crippen molar-refractivity contribution in [1.82, 2.24) is 10.6 Å². The number of fused-ring (bicyclic) bond motifs is 1. The fraction of sp³-hybridized carbons (Fsp3) is 0.500. The summed E-state index contributed by atoms with van der Waals surface area (Å²) in [7, 11) is 0. The molecule has 1 aliphatic heterocycles. The van der Waals surface area contributed by atoms with Crippen LogP contribution in [0.2, 0.25) is 0 Å². The van der Waals surface area contributed by atoms with Gasteiger partial charge in [-0.3, -0.25) is 0 Å². The van der Waals surface area contributed by atoms with Crippen LogP contribution >= 0.6 is 0 Å². The molecule has 17 heavy (non-hydrogen) atoms. The third-order valence-corrected chi connectivity index (χ3v) is 3.92. The summed E-state index contributed by atoms with van der Waals surface area (Å²) in [6.45, 7) is 2.92. The highest BCUT2D eigenvalue weighted by Gasteiger charge is 2.28. The molecule has 90 valence electrons. The van der Waals surface area contributed by atoms with Crippen LogP contribution in [0.4, 0.5) is 4.79 Å². The predicted molar refractivity (Wildman–Crippen MR) is 67.2 cm³/mol. The molecule has 1 aromatic rings. The van der Waals surface area contributed by atoms with Gasteiger partial charge < -0.3 is 10.6 Å². The molecule has 3 nitrogen and oxygen atoms in total. The van der Waals surface area contributed by atoms with E-state index < -0.39 is 0 Å². The van der Waals surface area contributed by atoms with E-state index in [2.05, 4.69) is 35.8 Å². The van der Waals surface area contributed by atoms with Crippen LogP contribution in [0.5, 0.6) is 0 Å². The van der Waals surface area contributed by atoms with Gasteiger partial charge in [0.25, 0.3) is 0 Å². The van der Waals surface area contributed by atoms with E-state index in [0.717, 1.165) is 13.0 Å². The minimum absolute atomic E-state index is 0.0162. The molecule has 2 N–H and O–H groups in total. The van der Waals surface area contributed by atoms with Crippen molar-refractivity contribution >= 4 is 6.03 Å². The fourth-order valence-electron chi connectivity index (χ4n) is 3.04. The van der Waals surface area contributed by atoms with Crippen molar-refractivity contribution in [1.29, 1.82) is 0 Å². The first-order valence-electron chi connectivity index (χ1n) is 6.36. The Morgan fingerprint density at radius 2 is 2.29 bits per heavy atom. The fourth-order valence-corrected chi connectivity index (χ4v) is 3.04. The SMILES string of the molecule is Cc1ccc2c(c1)C(CC1CNC(=O)N1)CC2. The summed E-state index contributed by atoms with van der Waals surface area (Å²) in [6, 6.07) is 7.06. The van der Waals surface area contributed by atoms with E-state index in [9.17, 15) is 4.79 Å². The third-order valence-electron chi connectivity index (χ3n) is 3.92. The molecule has 2 amide bonds. The molecule has 1 saturated heterocycles. The second kappa shape index (κ2) is 4.06. The van der Waals surface area contributed by atoms with Crippen molar-refractivity contribution in [3.05, 3.63) is 34.9 Å². The zero-order chi connectivity index (χ0) is 11.8. The van der Waals surface area contributed by atoms with E-state index in [-0.39, 0.29) is 6.03 Å². The van der Waals surface area contributed by atoms with Gasteiger partial charge in [0, 0.05) is 12.6 Å². The average molecular weight is 230 g/mol. The molecule has 2 unspecified atom stereocenters. The number of carbonyl (C=O) groups is 1. The first-order valence-corrected chi connectivity index (χ1v) is 6.36. The Kier molecular flexibility index (Phi) is 2.54. The van der Waals surface area contributed by atoms with Gasteiger partial charge in [0.05, 0.1) is 0 Å². The number of nitrogens with one attached hydrogen (secondary N) is 2. The highest BCUT2D eigenvalue weighted by atomic mass is 16.2. The Morgan fingerprint density at radius 1 is 1.41 bits per heavy atom. The molecule has 2 aliphatic rings. The lowest BCUT2D eigenvalue weighted by Gasteiger charge is -2.16. The summed E-state index contributed by atoms with van der Waals surface area (Å²) in [6.07, 6.45) is 3.48. The largest absolute Gasteiger partial charge is 0.336 e. The number of benzene rings is 1. The lowest BCUT2D eigenvalue weighted by molar-refractivity contribution is 0.247. The summed E-state index contributed by atoms with van der Waals surface area (Å²) in [5, 5.41) is 5.80. The average Bonchev–Trinajstić information content (AvgIpc) is 2.87. The first kappa shape index (κ1) is 10.6. The van der Waals surface area contributed by atoms with Crippen LogP contribution in [0.1, 0.15) is 35.4 Å². The van der Waals surface area contributed by atoms with Crippen LogP contribution < -0.4 is 10.6 Å². The zero-order valence-corrected chi connectivity index (χ0v) is 10.1. The van der Waals surface area contributed by atoms with Crippen LogP contribution in [-0.2, 0) is 6.42 Å². The Bertz CT molecular complexity index is 456. The standard InChI is InChI=1S/C14H18N2O/c1-9-2-3-10-4-5-11(13(10)6-9)7-12-8-15-14(17)16-12/h2-3,6,11-12H,4-5,7-8H2,1H3,(H2,15,16,17). The Balaban J connectivity index is 1.75. The highest BCUT2D eigenvalue weighted by molar-refractivity contribution is 5.76. The van der Waals surface area contributed by atoms with Crippen LogP contribution in [-0.4, -0.2) is 18.6 Å². The molecule has 1 fully saturated rings. The lowest BCUT2D eigenvalue weighted by atomic mass is 9.93. The van der Waals surface area contributed by atoms with E-state index in [1.807, 2.05) is 0 Å². The molecule has 2 atom stereocenters. The topological polar surface area (TPSA) is 41.1 Å². The summed E-state index contributed by atoms with van der Waals surface area (Å²) < 4.78 is 0. The van der Waals surface area contributed by atoms with Crippen molar-refractivity contribution in [2.45, 2.75) is 38.1 Å². The normalized spacial score (nSPS) is 26.5. The van der Waals surface area contributed by atoms with Gasteiger partial charge in [-0.1, -0.05) is 23.8 Å². The number of hydrogen-bond acceptors (Lipinski definition) is 1. The van der Waals surface area contributed by atoms with Gasteiger partial charge in [-0.15, -0.1) is 0 Å². The van der Waals surface area contributed by atoms with Gasteiger partial charge in [0.15, 0.2) is 0 Å². The molecular formula is C14H18N2O. The Morgan fingerprint density at radius 3 is 3.06 bits per heavy atom. The molecule has 1 aliphatic carbocycles. The number of rotatable bonds is 2.